The summed E-state index contributed by atoms with van der Waals surface area (Å²) in [5.41, 5.74) is 6.48. The van der Waals surface area contributed by atoms with Crippen molar-refractivity contribution in [3.8, 4) is 0 Å². The number of hydrogen-bond donors (Lipinski definition) is 1. The van der Waals surface area contributed by atoms with Crippen molar-refractivity contribution in [3.63, 3.8) is 0 Å². The summed E-state index contributed by atoms with van der Waals surface area (Å²) in [6.07, 6.45) is 0. The van der Waals surface area contributed by atoms with E-state index in [2.05, 4.69) is 4.90 Å². The van der Waals surface area contributed by atoms with E-state index in [0.717, 1.165) is 18.8 Å². The molecule has 2 N–H and O–H groups in total. The Hall–Kier alpha value is -1.31. The Balaban J connectivity index is 1.61. The van der Waals surface area contributed by atoms with Crippen LogP contribution in [-0.2, 0) is 14.6 Å². The lowest BCUT2D eigenvalue weighted by Gasteiger charge is -2.25. The number of anilines is 1. The number of carbonyl (C=O) groups excluding carboxylic acids is 1. The second-order valence-corrected chi connectivity index (χ2v) is 9.82. The first kappa shape index (κ1) is 18.5. The summed E-state index contributed by atoms with van der Waals surface area (Å²) in [7, 11) is -3.47. The van der Waals surface area contributed by atoms with Crippen LogP contribution in [0.5, 0.6) is 0 Å². The zero-order valence-electron chi connectivity index (χ0n) is 14.3. The van der Waals surface area contributed by atoms with Gasteiger partial charge in [0.1, 0.15) is 5.25 Å². The molecule has 0 radical (unpaired) electrons. The Morgan fingerprint density at radius 2 is 1.76 bits per heavy atom. The van der Waals surface area contributed by atoms with Crippen molar-refractivity contribution >= 4 is 33.0 Å². The highest BCUT2D eigenvalue weighted by molar-refractivity contribution is 7.92. The van der Waals surface area contributed by atoms with E-state index in [0.29, 0.717) is 29.9 Å². The van der Waals surface area contributed by atoms with E-state index >= 15 is 0 Å². The van der Waals surface area contributed by atoms with Gasteiger partial charge < -0.3 is 15.5 Å². The highest BCUT2D eigenvalue weighted by atomic mass is 35.5. The normalized spacial score (nSPS) is 24.4. The third-order valence-corrected chi connectivity index (χ3v) is 7.61. The van der Waals surface area contributed by atoms with E-state index in [1.807, 2.05) is 24.3 Å². The summed E-state index contributed by atoms with van der Waals surface area (Å²) in [5, 5.41) is -0.296. The standard InChI is InChI=1S/C17H24ClN3O3S/c1-12(25(23,24)7-6-19)17(22)21-10-13-8-20(9-14(13)11-21)16-4-2-15(18)3-5-16/h2-5,12-14H,6-11,19H2,1H3/t12?,13-,14+. The number of nitrogens with two attached hydrogens (primary N) is 1. The fourth-order valence-electron chi connectivity index (χ4n) is 3.79. The van der Waals surface area contributed by atoms with Gasteiger partial charge in [0, 0.05) is 55.3 Å². The number of halogens is 1. The van der Waals surface area contributed by atoms with Crippen LogP contribution in [0, 0.1) is 11.8 Å². The predicted octanol–water partition coefficient (Wildman–Crippen LogP) is 0.997. The Morgan fingerprint density at radius 3 is 2.28 bits per heavy atom. The van der Waals surface area contributed by atoms with Crippen molar-refractivity contribution in [2.45, 2.75) is 12.2 Å². The Kier molecular flexibility index (Phi) is 5.27. The molecule has 25 heavy (non-hydrogen) atoms. The van der Waals surface area contributed by atoms with Crippen LogP contribution in [0.15, 0.2) is 24.3 Å². The van der Waals surface area contributed by atoms with Gasteiger partial charge in [-0.2, -0.15) is 0 Å². The molecule has 138 valence electrons. The van der Waals surface area contributed by atoms with Crippen molar-refractivity contribution in [2.24, 2.45) is 17.6 Å². The average Bonchev–Trinajstić information content (AvgIpc) is 3.13. The molecule has 1 amide bonds. The zero-order chi connectivity index (χ0) is 18.2. The van der Waals surface area contributed by atoms with E-state index < -0.39 is 15.1 Å². The van der Waals surface area contributed by atoms with Crippen molar-refractivity contribution < 1.29 is 13.2 Å². The molecular formula is C17H24ClN3O3S. The van der Waals surface area contributed by atoms with Crippen LogP contribution in [0.2, 0.25) is 5.02 Å². The van der Waals surface area contributed by atoms with E-state index in [-0.39, 0.29) is 18.2 Å². The molecule has 3 atom stereocenters. The predicted molar refractivity (Wildman–Crippen MR) is 99.5 cm³/mol. The third-order valence-electron chi connectivity index (χ3n) is 5.28. The number of rotatable bonds is 5. The van der Waals surface area contributed by atoms with Gasteiger partial charge in [-0.05, 0) is 31.2 Å². The summed E-state index contributed by atoms with van der Waals surface area (Å²) in [6.45, 7) is 4.51. The number of fused-ring (bicyclic) bond motifs is 1. The van der Waals surface area contributed by atoms with Crippen LogP contribution in [-0.4, -0.2) is 63.0 Å². The molecule has 2 aliphatic heterocycles. The van der Waals surface area contributed by atoms with Gasteiger partial charge in [-0.1, -0.05) is 11.6 Å². The summed E-state index contributed by atoms with van der Waals surface area (Å²) < 4.78 is 24.2. The highest BCUT2D eigenvalue weighted by Gasteiger charge is 2.43. The second kappa shape index (κ2) is 7.13. The molecule has 0 aliphatic carbocycles. The van der Waals surface area contributed by atoms with Gasteiger partial charge in [0.15, 0.2) is 9.84 Å². The minimum atomic E-state index is -3.47. The highest BCUT2D eigenvalue weighted by Crippen LogP contribution is 2.34. The van der Waals surface area contributed by atoms with Crippen molar-refractivity contribution in [3.05, 3.63) is 29.3 Å². The first-order chi connectivity index (χ1) is 11.8. The van der Waals surface area contributed by atoms with Crippen LogP contribution in [0.3, 0.4) is 0 Å². The minimum absolute atomic E-state index is 0.0429. The number of hydrogen-bond acceptors (Lipinski definition) is 5. The van der Waals surface area contributed by atoms with E-state index in [1.165, 1.54) is 6.92 Å². The SMILES string of the molecule is CC(C(=O)N1C[C@@H]2CN(c3ccc(Cl)cc3)C[C@@H]2C1)S(=O)(=O)CCN. The molecule has 2 saturated heterocycles. The monoisotopic (exact) mass is 385 g/mol. The summed E-state index contributed by atoms with van der Waals surface area (Å²) in [5.74, 6) is 0.319. The van der Waals surface area contributed by atoms with Crippen molar-refractivity contribution in [1.82, 2.24) is 4.90 Å². The molecule has 1 aromatic carbocycles. The van der Waals surface area contributed by atoms with Crippen LogP contribution in [0.4, 0.5) is 5.69 Å². The molecule has 2 aliphatic rings. The van der Waals surface area contributed by atoms with E-state index in [4.69, 9.17) is 17.3 Å². The maximum Gasteiger partial charge on any atom is 0.240 e. The van der Waals surface area contributed by atoms with Gasteiger partial charge in [0.05, 0.1) is 5.75 Å². The topological polar surface area (TPSA) is 83.7 Å². The van der Waals surface area contributed by atoms with Gasteiger partial charge >= 0.3 is 0 Å². The molecule has 8 heteroatoms. The zero-order valence-corrected chi connectivity index (χ0v) is 15.8. The number of likely N-dealkylation sites (tertiary alicyclic amines) is 1. The van der Waals surface area contributed by atoms with Gasteiger partial charge in [0.2, 0.25) is 5.91 Å². The number of carbonyl (C=O) groups is 1. The second-order valence-electron chi connectivity index (χ2n) is 6.94. The van der Waals surface area contributed by atoms with Gasteiger partial charge in [0.25, 0.3) is 0 Å². The van der Waals surface area contributed by atoms with E-state index in [9.17, 15) is 13.2 Å². The molecular weight excluding hydrogens is 362 g/mol. The number of sulfone groups is 1. The molecule has 1 unspecified atom stereocenters. The average molecular weight is 386 g/mol. The Bertz CT molecular complexity index is 724. The third kappa shape index (κ3) is 3.78. The molecule has 0 aromatic heterocycles. The van der Waals surface area contributed by atoms with Crippen LogP contribution in [0.1, 0.15) is 6.92 Å². The first-order valence-corrected chi connectivity index (χ1v) is 10.6. The Labute approximate surface area is 153 Å². The fourth-order valence-corrected chi connectivity index (χ4v) is 5.05. The minimum Gasteiger partial charge on any atom is -0.371 e. The summed E-state index contributed by atoms with van der Waals surface area (Å²) >= 11 is 5.94. The van der Waals surface area contributed by atoms with Gasteiger partial charge in [-0.3, -0.25) is 4.79 Å². The lowest BCUT2D eigenvalue weighted by molar-refractivity contribution is -0.129. The van der Waals surface area contributed by atoms with Crippen LogP contribution >= 0.6 is 11.6 Å². The molecule has 0 saturated carbocycles. The van der Waals surface area contributed by atoms with Crippen LogP contribution in [0.25, 0.3) is 0 Å². The molecule has 0 bridgehead atoms. The lowest BCUT2D eigenvalue weighted by Crippen LogP contribution is -2.43. The number of benzene rings is 1. The molecule has 2 fully saturated rings. The molecule has 2 heterocycles. The largest absolute Gasteiger partial charge is 0.371 e. The lowest BCUT2D eigenvalue weighted by atomic mass is 10.0. The Morgan fingerprint density at radius 1 is 1.20 bits per heavy atom. The van der Waals surface area contributed by atoms with Gasteiger partial charge in [-0.15, -0.1) is 0 Å². The smallest absolute Gasteiger partial charge is 0.240 e. The summed E-state index contributed by atoms with van der Waals surface area (Å²) in [4.78, 5) is 16.6. The van der Waals surface area contributed by atoms with Crippen molar-refractivity contribution in [1.29, 1.82) is 0 Å². The van der Waals surface area contributed by atoms with Crippen molar-refractivity contribution in [2.75, 3.05) is 43.4 Å². The number of amides is 1. The molecule has 6 nitrogen and oxygen atoms in total. The summed E-state index contributed by atoms with van der Waals surface area (Å²) in [6, 6.07) is 7.77. The number of nitrogens with zero attached hydrogens (tertiary/aromatic N) is 2. The molecule has 0 spiro atoms. The van der Waals surface area contributed by atoms with Crippen LogP contribution < -0.4 is 10.6 Å². The molecule has 3 rings (SSSR count). The maximum absolute atomic E-state index is 12.6. The first-order valence-electron chi connectivity index (χ1n) is 8.52. The quantitative estimate of drug-likeness (QED) is 0.817. The molecule has 1 aromatic rings. The van der Waals surface area contributed by atoms with E-state index in [1.54, 1.807) is 4.90 Å². The maximum atomic E-state index is 12.6. The fraction of sp³-hybridized carbons (Fsp3) is 0.588. The van der Waals surface area contributed by atoms with Gasteiger partial charge in [-0.25, -0.2) is 8.42 Å².